The summed E-state index contributed by atoms with van der Waals surface area (Å²) in [4.78, 5) is 15.8. The summed E-state index contributed by atoms with van der Waals surface area (Å²) in [5.41, 5.74) is -0.207. The van der Waals surface area contributed by atoms with E-state index in [-0.39, 0.29) is 22.4 Å². The first-order valence-corrected chi connectivity index (χ1v) is 7.35. The van der Waals surface area contributed by atoms with E-state index < -0.39 is 0 Å². The molecule has 1 aliphatic heterocycles. The molecule has 2 aromatic rings. The van der Waals surface area contributed by atoms with Gasteiger partial charge < -0.3 is 20.2 Å². The number of rotatable bonds is 3. The Bertz CT molecular complexity index is 648. The second kappa shape index (κ2) is 4.71. The average molecular weight is 296 g/mol. The highest BCUT2D eigenvalue weighted by molar-refractivity contribution is 7.15. The number of nitrogens with zero attached hydrogens (tertiary/aromatic N) is 3. The first-order chi connectivity index (χ1) is 9.46. The molecule has 8 heteroatoms. The Kier molecular flexibility index (Phi) is 3.14. The molecule has 20 heavy (non-hydrogen) atoms. The normalized spacial score (nSPS) is 22.0. The maximum Gasteiger partial charge on any atom is 0.372 e. The lowest BCUT2D eigenvalue weighted by Gasteiger charge is -2.35. The van der Waals surface area contributed by atoms with Crippen LogP contribution >= 0.6 is 11.3 Å². The van der Waals surface area contributed by atoms with Gasteiger partial charge in [-0.25, -0.2) is 0 Å². The van der Waals surface area contributed by atoms with Crippen molar-refractivity contribution < 1.29 is 9.66 Å². The number of fused-ring (bicyclic) bond motifs is 1. The van der Waals surface area contributed by atoms with Crippen LogP contribution in [0.2, 0.25) is 0 Å². The molecule has 3 heterocycles. The fourth-order valence-electron chi connectivity index (χ4n) is 2.59. The van der Waals surface area contributed by atoms with Gasteiger partial charge in [-0.3, -0.25) is 0 Å². The fraction of sp³-hybridized carbons (Fsp3) is 0.583. The topological polar surface area (TPSA) is 81.7 Å². The largest absolute Gasteiger partial charge is 0.375 e. The molecule has 0 aliphatic carbocycles. The second-order valence-corrected chi connectivity index (χ2v) is 6.41. The molecule has 1 unspecified atom stereocenters. The minimum atomic E-state index is -0.389. The lowest BCUT2D eigenvalue weighted by molar-refractivity contribution is -0.389. The van der Waals surface area contributed by atoms with Gasteiger partial charge >= 0.3 is 5.82 Å². The zero-order valence-corrected chi connectivity index (χ0v) is 12.1. The Balaban J connectivity index is 1.88. The number of aromatic nitrogens is 2. The summed E-state index contributed by atoms with van der Waals surface area (Å²) < 4.78 is 7.17. The summed E-state index contributed by atoms with van der Waals surface area (Å²) >= 11 is 1.38. The number of anilines is 1. The zero-order valence-electron chi connectivity index (χ0n) is 11.3. The van der Waals surface area contributed by atoms with E-state index in [2.05, 4.69) is 10.3 Å². The highest BCUT2D eigenvalue weighted by Gasteiger charge is 2.32. The molecule has 3 rings (SSSR count). The Morgan fingerprint density at radius 3 is 3.15 bits per heavy atom. The Labute approximate surface area is 119 Å². The van der Waals surface area contributed by atoms with Crippen molar-refractivity contribution in [1.29, 1.82) is 0 Å². The van der Waals surface area contributed by atoms with Crippen LogP contribution in [0.5, 0.6) is 0 Å². The van der Waals surface area contributed by atoms with Gasteiger partial charge in [-0.15, -0.1) is 0 Å². The van der Waals surface area contributed by atoms with Gasteiger partial charge in [0, 0.05) is 18.0 Å². The SMILES string of the molecule is CC1(C)CC(Nc2nc3sccn3c2[N+](=O)[O-])CCO1. The molecule has 2 aromatic heterocycles. The summed E-state index contributed by atoms with van der Waals surface area (Å²) in [5.74, 6) is 0.357. The average Bonchev–Trinajstić information content (AvgIpc) is 2.86. The predicted octanol–water partition coefficient (Wildman–Crippen LogP) is 2.67. The minimum Gasteiger partial charge on any atom is -0.375 e. The monoisotopic (exact) mass is 296 g/mol. The molecule has 1 aliphatic rings. The third-order valence-electron chi connectivity index (χ3n) is 3.45. The first-order valence-electron chi connectivity index (χ1n) is 6.47. The molecule has 0 bridgehead atoms. The van der Waals surface area contributed by atoms with Crippen molar-refractivity contribution in [3.8, 4) is 0 Å². The molecule has 0 amide bonds. The summed E-state index contributed by atoms with van der Waals surface area (Å²) in [5, 5.41) is 16.3. The van der Waals surface area contributed by atoms with Gasteiger partial charge in [0.2, 0.25) is 5.82 Å². The quantitative estimate of drug-likeness (QED) is 0.695. The standard InChI is InChI=1S/C12H16N4O3S/c1-12(2)7-8(3-5-19-12)13-9-10(16(17)18)15-4-6-20-11(15)14-9/h4,6,8,13H,3,5,7H2,1-2H3. The van der Waals surface area contributed by atoms with E-state index in [9.17, 15) is 10.1 Å². The van der Waals surface area contributed by atoms with Crippen molar-refractivity contribution in [2.75, 3.05) is 11.9 Å². The lowest BCUT2D eigenvalue weighted by atomic mass is 9.94. The molecular weight excluding hydrogens is 280 g/mol. The van der Waals surface area contributed by atoms with Crippen LogP contribution in [-0.2, 0) is 4.74 Å². The molecule has 1 fully saturated rings. The number of hydrogen-bond acceptors (Lipinski definition) is 6. The second-order valence-electron chi connectivity index (χ2n) is 5.54. The van der Waals surface area contributed by atoms with Crippen LogP contribution in [0.1, 0.15) is 26.7 Å². The van der Waals surface area contributed by atoms with Gasteiger partial charge in [0.25, 0.3) is 4.96 Å². The van der Waals surface area contributed by atoms with E-state index in [0.717, 1.165) is 12.8 Å². The van der Waals surface area contributed by atoms with Crippen LogP contribution in [-0.4, -0.2) is 32.6 Å². The zero-order chi connectivity index (χ0) is 14.3. The fourth-order valence-corrected chi connectivity index (χ4v) is 3.30. The smallest absolute Gasteiger partial charge is 0.372 e. The van der Waals surface area contributed by atoms with Crippen molar-refractivity contribution in [1.82, 2.24) is 9.38 Å². The van der Waals surface area contributed by atoms with Crippen molar-refractivity contribution in [2.24, 2.45) is 0 Å². The van der Waals surface area contributed by atoms with E-state index in [1.165, 1.54) is 15.7 Å². The Hall–Kier alpha value is -1.67. The number of ether oxygens (including phenoxy) is 1. The summed E-state index contributed by atoms with van der Waals surface area (Å²) in [6.45, 7) is 4.71. The van der Waals surface area contributed by atoms with E-state index in [1.54, 1.807) is 11.6 Å². The van der Waals surface area contributed by atoms with Gasteiger partial charge in [-0.2, -0.15) is 9.38 Å². The number of nitrogens with one attached hydrogen (secondary N) is 1. The molecule has 1 N–H and O–H groups in total. The van der Waals surface area contributed by atoms with E-state index in [4.69, 9.17) is 4.74 Å². The number of imidazole rings is 1. The first kappa shape index (κ1) is 13.3. The molecule has 0 aromatic carbocycles. The maximum atomic E-state index is 11.2. The molecule has 0 saturated carbocycles. The summed E-state index contributed by atoms with van der Waals surface area (Å²) in [6, 6.07) is 0.141. The molecule has 108 valence electrons. The van der Waals surface area contributed by atoms with Crippen molar-refractivity contribution in [3.63, 3.8) is 0 Å². The van der Waals surface area contributed by atoms with Crippen molar-refractivity contribution >= 4 is 27.9 Å². The van der Waals surface area contributed by atoms with E-state index in [0.29, 0.717) is 17.4 Å². The van der Waals surface area contributed by atoms with Crippen molar-refractivity contribution in [3.05, 3.63) is 21.7 Å². The Morgan fingerprint density at radius 1 is 1.65 bits per heavy atom. The van der Waals surface area contributed by atoms with E-state index >= 15 is 0 Å². The number of nitro groups is 1. The van der Waals surface area contributed by atoms with Crippen LogP contribution in [0.15, 0.2) is 11.6 Å². The molecular formula is C12H16N4O3S. The van der Waals surface area contributed by atoms with Crippen molar-refractivity contribution in [2.45, 2.75) is 38.3 Å². The minimum absolute atomic E-state index is 0.00514. The van der Waals surface area contributed by atoms with E-state index in [1.807, 2.05) is 13.8 Å². The van der Waals surface area contributed by atoms with Gasteiger partial charge in [0.1, 0.15) is 6.20 Å². The molecule has 7 nitrogen and oxygen atoms in total. The molecule has 1 atom stereocenters. The van der Waals surface area contributed by atoms with Gasteiger partial charge in [0.15, 0.2) is 0 Å². The third-order valence-corrected chi connectivity index (χ3v) is 4.20. The van der Waals surface area contributed by atoms with Crippen LogP contribution in [0, 0.1) is 10.1 Å². The molecule has 0 spiro atoms. The van der Waals surface area contributed by atoms with Crippen LogP contribution < -0.4 is 5.32 Å². The highest BCUT2D eigenvalue weighted by atomic mass is 32.1. The summed E-state index contributed by atoms with van der Waals surface area (Å²) in [6.07, 6.45) is 3.30. The molecule has 1 saturated heterocycles. The maximum absolute atomic E-state index is 11.2. The van der Waals surface area contributed by atoms with Gasteiger partial charge in [-0.1, -0.05) is 11.3 Å². The third kappa shape index (κ3) is 2.36. The van der Waals surface area contributed by atoms with Gasteiger partial charge in [0.05, 0.1) is 5.60 Å². The summed E-state index contributed by atoms with van der Waals surface area (Å²) in [7, 11) is 0. The Morgan fingerprint density at radius 2 is 2.45 bits per heavy atom. The van der Waals surface area contributed by atoms with Crippen LogP contribution in [0.25, 0.3) is 4.96 Å². The van der Waals surface area contributed by atoms with Crippen LogP contribution in [0.4, 0.5) is 11.6 Å². The lowest BCUT2D eigenvalue weighted by Crippen LogP contribution is -2.40. The predicted molar refractivity (Wildman–Crippen MR) is 76.4 cm³/mol. The highest BCUT2D eigenvalue weighted by Crippen LogP contribution is 2.31. The number of thiazole rings is 1. The van der Waals surface area contributed by atoms with Gasteiger partial charge in [-0.05, 0) is 31.6 Å². The van der Waals surface area contributed by atoms with Crippen LogP contribution in [0.3, 0.4) is 0 Å². The molecule has 0 radical (unpaired) electrons. The number of hydrogen-bond donors (Lipinski definition) is 1.